The SMILES string of the molecule is C(=C\c1ccc2ccc3c(/C=C/B4Oc5ccccc5O4)ccc4ccc1c2c43)/B1Oc2ccccc2O1.CCc1ccc(/C=C/c2ccc3ccc4c(/C=C/c5ccc(CC)cc5)ccc5ccc2c3c54)cc1. The fourth-order valence-electron chi connectivity index (χ4n) is 10.7. The minimum Gasteiger partial charge on any atom is -0.520 e. The van der Waals surface area contributed by atoms with Gasteiger partial charge in [-0.05, 0) is 158 Å². The fraction of sp³-hybridized carbons (Fsp3) is 0.0588. The van der Waals surface area contributed by atoms with Crippen LogP contribution in [0.2, 0.25) is 0 Å². The number of rotatable bonds is 10. The second-order valence-corrected chi connectivity index (χ2v) is 19.1. The number of fused-ring (bicyclic) bond motifs is 2. The standard InChI is InChI=1S/C36H30.C32H20B2O4/c1-3-25-5-9-27(10-6-25)13-15-29-17-19-31-22-24-34-30(16-14-28-11-7-26(4-2)8-12-28)18-20-32-21-23-33(29)35(31)36(32)34;1-2-6-28-27(5-1)35-33(36-28)19-17-21-9-11-23-14-16-26-22(10-12-24-13-15-25(21)31(23)32(24)26)18-20-34-37-29-7-3-4-8-30(29)38-34/h5-24H,3-4H2,1-2H3;1-20H/b15-13+,16-14+;19-17+,20-18+. The van der Waals surface area contributed by atoms with E-state index in [2.05, 4.69) is 196 Å². The van der Waals surface area contributed by atoms with Crippen molar-refractivity contribution in [1.82, 2.24) is 0 Å². The maximum Gasteiger partial charge on any atom is 0.625 e. The zero-order valence-corrected chi connectivity index (χ0v) is 41.3. The van der Waals surface area contributed by atoms with Crippen LogP contribution in [0.15, 0.2) is 206 Å². The van der Waals surface area contributed by atoms with Gasteiger partial charge in [-0.15, -0.1) is 0 Å². The Morgan fingerprint density at radius 1 is 0.297 bits per heavy atom. The van der Waals surface area contributed by atoms with Gasteiger partial charge in [0.05, 0.1) is 0 Å². The number of benzene rings is 12. The van der Waals surface area contributed by atoms with Crippen molar-refractivity contribution in [2.24, 2.45) is 0 Å². The van der Waals surface area contributed by atoms with E-state index in [1.54, 1.807) is 0 Å². The van der Waals surface area contributed by atoms with Crippen LogP contribution < -0.4 is 18.6 Å². The van der Waals surface area contributed by atoms with E-state index in [-0.39, 0.29) is 0 Å². The zero-order chi connectivity index (χ0) is 49.5. The first-order chi connectivity index (χ1) is 36.5. The summed E-state index contributed by atoms with van der Waals surface area (Å²) in [6, 6.07) is 68.9. The molecule has 352 valence electrons. The molecule has 0 aromatic heterocycles. The molecule has 0 bridgehead atoms. The molecule has 0 unspecified atom stereocenters. The maximum absolute atomic E-state index is 5.92. The second-order valence-electron chi connectivity index (χ2n) is 19.1. The average Bonchev–Trinajstić information content (AvgIpc) is 4.09. The molecule has 12 aromatic rings. The molecule has 0 amide bonds. The third kappa shape index (κ3) is 8.48. The predicted octanol–water partition coefficient (Wildman–Crippen LogP) is 17.7. The molecule has 0 fully saturated rings. The largest absolute Gasteiger partial charge is 0.625 e. The van der Waals surface area contributed by atoms with Crippen molar-refractivity contribution in [3.05, 3.63) is 251 Å². The van der Waals surface area contributed by atoms with Crippen molar-refractivity contribution in [1.29, 1.82) is 0 Å². The smallest absolute Gasteiger partial charge is 0.520 e. The molecule has 0 spiro atoms. The van der Waals surface area contributed by atoms with Gasteiger partial charge in [-0.25, -0.2) is 0 Å². The van der Waals surface area contributed by atoms with Crippen molar-refractivity contribution >= 4 is 115 Å². The third-order valence-electron chi connectivity index (χ3n) is 14.7. The molecule has 14 rings (SSSR count). The van der Waals surface area contributed by atoms with Gasteiger partial charge >= 0.3 is 14.2 Å². The lowest BCUT2D eigenvalue weighted by Crippen LogP contribution is -2.21. The molecule has 0 atom stereocenters. The first kappa shape index (κ1) is 44.9. The van der Waals surface area contributed by atoms with Gasteiger partial charge < -0.3 is 18.6 Å². The van der Waals surface area contributed by atoms with Gasteiger partial charge in [-0.1, -0.05) is 220 Å². The normalized spacial score (nSPS) is 13.3. The minimum absolute atomic E-state index is 0.436. The Labute approximate surface area is 432 Å². The van der Waals surface area contributed by atoms with E-state index in [1.807, 2.05) is 60.5 Å². The monoisotopic (exact) mass is 952 g/mol. The molecule has 74 heavy (non-hydrogen) atoms. The van der Waals surface area contributed by atoms with Crippen LogP contribution in [-0.4, -0.2) is 14.2 Å². The van der Waals surface area contributed by atoms with Gasteiger partial charge in [-0.2, -0.15) is 0 Å². The Bertz CT molecular complexity index is 3850. The summed E-state index contributed by atoms with van der Waals surface area (Å²) >= 11 is 0. The Morgan fingerprint density at radius 2 is 0.581 bits per heavy atom. The molecule has 2 aliphatic rings. The first-order valence-electron chi connectivity index (χ1n) is 25.7. The number of para-hydroxylation sites is 4. The van der Waals surface area contributed by atoms with Gasteiger partial charge in [0.1, 0.15) is 23.0 Å². The van der Waals surface area contributed by atoms with Gasteiger partial charge in [-0.3, -0.25) is 0 Å². The highest BCUT2D eigenvalue weighted by Gasteiger charge is 2.30. The number of hydrogen-bond donors (Lipinski definition) is 0. The highest BCUT2D eigenvalue weighted by Crippen LogP contribution is 2.41. The summed E-state index contributed by atoms with van der Waals surface area (Å²) in [4.78, 5) is 0. The van der Waals surface area contributed by atoms with Crippen LogP contribution in [0.1, 0.15) is 58.4 Å². The van der Waals surface area contributed by atoms with Crippen molar-refractivity contribution in [3.63, 3.8) is 0 Å². The maximum atomic E-state index is 5.92. The summed E-state index contributed by atoms with van der Waals surface area (Å²) in [6.07, 6.45) is 15.3. The lowest BCUT2D eigenvalue weighted by atomic mass is 9.85. The molecule has 2 heterocycles. The van der Waals surface area contributed by atoms with E-state index in [9.17, 15) is 0 Å². The van der Waals surface area contributed by atoms with Crippen molar-refractivity contribution in [2.75, 3.05) is 0 Å². The Balaban J connectivity index is 0.000000143. The Hall–Kier alpha value is -8.99. The summed E-state index contributed by atoms with van der Waals surface area (Å²) in [5.41, 5.74) is 9.98. The van der Waals surface area contributed by atoms with Crippen LogP contribution in [0.5, 0.6) is 23.0 Å². The van der Waals surface area contributed by atoms with Crippen molar-refractivity contribution in [2.45, 2.75) is 26.7 Å². The van der Waals surface area contributed by atoms with Crippen LogP contribution in [-0.2, 0) is 12.8 Å². The number of hydrogen-bond acceptors (Lipinski definition) is 4. The summed E-state index contributed by atoms with van der Waals surface area (Å²) in [6.45, 7) is 4.39. The zero-order valence-electron chi connectivity index (χ0n) is 41.3. The average molecular weight is 953 g/mol. The topological polar surface area (TPSA) is 36.9 Å². The van der Waals surface area contributed by atoms with Gasteiger partial charge in [0.2, 0.25) is 0 Å². The quantitative estimate of drug-likeness (QED) is 0.0778. The van der Waals surface area contributed by atoms with Crippen LogP contribution in [0.3, 0.4) is 0 Å². The lowest BCUT2D eigenvalue weighted by Gasteiger charge is -2.14. The molecule has 4 nitrogen and oxygen atoms in total. The molecule has 0 N–H and O–H groups in total. The van der Waals surface area contributed by atoms with Crippen LogP contribution >= 0.6 is 0 Å². The van der Waals surface area contributed by atoms with Crippen molar-refractivity contribution in [3.8, 4) is 23.0 Å². The van der Waals surface area contributed by atoms with E-state index in [0.29, 0.717) is 0 Å². The van der Waals surface area contributed by atoms with Crippen molar-refractivity contribution < 1.29 is 18.6 Å². The predicted molar refractivity (Wildman–Crippen MR) is 315 cm³/mol. The van der Waals surface area contributed by atoms with E-state index >= 15 is 0 Å². The summed E-state index contributed by atoms with van der Waals surface area (Å²) in [7, 11) is -0.873. The molecule has 0 saturated heterocycles. The molecule has 12 aromatic carbocycles. The van der Waals surface area contributed by atoms with Crippen LogP contribution in [0.25, 0.3) is 101 Å². The molecule has 2 aliphatic heterocycles. The van der Waals surface area contributed by atoms with Gasteiger partial charge in [0.15, 0.2) is 0 Å². The number of aryl methyl sites for hydroxylation is 2. The molecular weight excluding hydrogens is 902 g/mol. The molecule has 6 heteroatoms. The summed E-state index contributed by atoms with van der Waals surface area (Å²) < 4.78 is 23.7. The third-order valence-corrected chi connectivity index (χ3v) is 14.7. The highest BCUT2D eigenvalue weighted by molar-refractivity contribution is 6.55. The molecule has 0 saturated carbocycles. The first-order valence-corrected chi connectivity index (χ1v) is 25.7. The highest BCUT2D eigenvalue weighted by atomic mass is 16.6. The van der Waals surface area contributed by atoms with E-state index in [1.165, 1.54) is 98.0 Å². The lowest BCUT2D eigenvalue weighted by molar-refractivity contribution is 0.517. The van der Waals surface area contributed by atoms with E-state index in [0.717, 1.165) is 47.0 Å². The van der Waals surface area contributed by atoms with E-state index in [4.69, 9.17) is 18.6 Å². The van der Waals surface area contributed by atoms with Gasteiger partial charge in [0.25, 0.3) is 0 Å². The molecule has 0 radical (unpaired) electrons. The second kappa shape index (κ2) is 19.2. The Morgan fingerprint density at radius 3 is 0.878 bits per heavy atom. The van der Waals surface area contributed by atoms with E-state index < -0.39 is 14.2 Å². The fourth-order valence-corrected chi connectivity index (χ4v) is 10.7. The van der Waals surface area contributed by atoms with Crippen LogP contribution in [0, 0.1) is 0 Å². The molecular formula is C68H50B2O4. The van der Waals surface area contributed by atoms with Crippen LogP contribution in [0.4, 0.5) is 0 Å². The summed E-state index contributed by atoms with van der Waals surface area (Å²) in [5, 5.41) is 15.3. The molecule has 0 aliphatic carbocycles. The minimum atomic E-state index is -0.436. The Kier molecular flexibility index (Phi) is 11.7. The van der Waals surface area contributed by atoms with Gasteiger partial charge in [0, 0.05) is 0 Å². The summed E-state index contributed by atoms with van der Waals surface area (Å²) in [5.74, 6) is 7.04.